The van der Waals surface area contributed by atoms with E-state index >= 15 is 0 Å². The van der Waals surface area contributed by atoms with Gasteiger partial charge in [-0.05, 0) is 42.2 Å². The van der Waals surface area contributed by atoms with E-state index in [2.05, 4.69) is 17.5 Å². The van der Waals surface area contributed by atoms with Crippen molar-refractivity contribution in [2.45, 2.75) is 18.4 Å². The Kier molecular flexibility index (Phi) is 4.22. The third kappa shape index (κ3) is 2.72. The van der Waals surface area contributed by atoms with Crippen molar-refractivity contribution in [3.63, 3.8) is 0 Å². The number of allylic oxidation sites excluding steroid dienone is 2. The quantitative estimate of drug-likeness (QED) is 0.549. The van der Waals surface area contributed by atoms with Gasteiger partial charge in [-0.25, -0.2) is 4.79 Å². The third-order valence-corrected chi connectivity index (χ3v) is 5.75. The van der Waals surface area contributed by atoms with Crippen LogP contribution in [0.5, 0.6) is 0 Å². The van der Waals surface area contributed by atoms with E-state index < -0.39 is 0 Å². The number of esters is 1. The highest BCUT2D eigenvalue weighted by Crippen LogP contribution is 2.53. The first-order valence-electron chi connectivity index (χ1n) is 8.19. The second-order valence-electron chi connectivity index (χ2n) is 6.41. The minimum atomic E-state index is -0.330. The van der Waals surface area contributed by atoms with Gasteiger partial charge >= 0.3 is 5.97 Å². The van der Waals surface area contributed by atoms with Gasteiger partial charge in [0.1, 0.15) is 0 Å². The molecular formula is C20H17Cl2NO2. The summed E-state index contributed by atoms with van der Waals surface area (Å²) in [7, 11) is 1.39. The number of carbonyl (C=O) groups is 1. The molecule has 4 rings (SSSR count). The monoisotopic (exact) mass is 373 g/mol. The Morgan fingerprint density at radius 1 is 1.12 bits per heavy atom. The van der Waals surface area contributed by atoms with Crippen LogP contribution in [0, 0.1) is 5.92 Å². The van der Waals surface area contributed by atoms with Gasteiger partial charge in [0.2, 0.25) is 0 Å². The fourth-order valence-electron chi connectivity index (χ4n) is 3.90. The molecule has 2 aromatic rings. The number of anilines is 1. The summed E-state index contributed by atoms with van der Waals surface area (Å²) in [5.41, 5.74) is 3.65. The summed E-state index contributed by atoms with van der Waals surface area (Å²) in [5.74, 6) is 0.281. The lowest BCUT2D eigenvalue weighted by molar-refractivity contribution is 0.0600. The number of methoxy groups -OCH3 is 1. The fraction of sp³-hybridized carbons (Fsp3) is 0.250. The fourth-order valence-corrected chi connectivity index (χ4v) is 4.41. The zero-order chi connectivity index (χ0) is 17.6. The molecule has 0 saturated heterocycles. The smallest absolute Gasteiger partial charge is 0.337 e. The Balaban J connectivity index is 1.74. The molecule has 0 fully saturated rings. The van der Waals surface area contributed by atoms with Crippen LogP contribution in [0.1, 0.15) is 39.9 Å². The van der Waals surface area contributed by atoms with Crippen LogP contribution in [0.3, 0.4) is 0 Å². The zero-order valence-corrected chi connectivity index (χ0v) is 15.1. The Morgan fingerprint density at radius 3 is 2.56 bits per heavy atom. The van der Waals surface area contributed by atoms with Crippen LogP contribution >= 0.6 is 23.2 Å². The van der Waals surface area contributed by atoms with Crippen molar-refractivity contribution in [2.24, 2.45) is 5.92 Å². The molecule has 0 aromatic heterocycles. The average molecular weight is 374 g/mol. The molecule has 1 aliphatic carbocycles. The maximum Gasteiger partial charge on any atom is 0.337 e. The van der Waals surface area contributed by atoms with Crippen LogP contribution in [0.2, 0.25) is 10.0 Å². The number of halogens is 2. The second-order valence-corrected chi connectivity index (χ2v) is 7.22. The molecule has 128 valence electrons. The molecule has 0 bridgehead atoms. The summed E-state index contributed by atoms with van der Waals surface area (Å²) in [6, 6.07) is 11.3. The molecule has 1 heterocycles. The molecule has 0 amide bonds. The van der Waals surface area contributed by atoms with E-state index in [1.54, 1.807) is 12.1 Å². The van der Waals surface area contributed by atoms with Gasteiger partial charge in [-0.15, -0.1) is 0 Å². The molecule has 2 aliphatic rings. The van der Waals surface area contributed by atoms with Crippen LogP contribution < -0.4 is 5.32 Å². The summed E-state index contributed by atoms with van der Waals surface area (Å²) in [4.78, 5) is 11.6. The van der Waals surface area contributed by atoms with Gasteiger partial charge < -0.3 is 10.1 Å². The van der Waals surface area contributed by atoms with Gasteiger partial charge in [-0.2, -0.15) is 0 Å². The van der Waals surface area contributed by atoms with Crippen molar-refractivity contribution in [1.82, 2.24) is 0 Å². The molecule has 3 atom stereocenters. The van der Waals surface area contributed by atoms with Crippen molar-refractivity contribution in [3.8, 4) is 0 Å². The Labute approximate surface area is 156 Å². The van der Waals surface area contributed by atoms with Gasteiger partial charge in [0, 0.05) is 16.5 Å². The molecule has 0 saturated carbocycles. The van der Waals surface area contributed by atoms with Gasteiger partial charge in [0.15, 0.2) is 0 Å². The summed E-state index contributed by atoms with van der Waals surface area (Å²) in [6.07, 6.45) is 5.41. The van der Waals surface area contributed by atoms with Gasteiger partial charge in [-0.3, -0.25) is 0 Å². The topological polar surface area (TPSA) is 38.3 Å². The first kappa shape index (κ1) is 16.5. The predicted octanol–water partition coefficient (Wildman–Crippen LogP) is 5.61. The largest absolute Gasteiger partial charge is 0.465 e. The van der Waals surface area contributed by atoms with Gasteiger partial charge in [-0.1, -0.05) is 47.5 Å². The number of hydrogen-bond acceptors (Lipinski definition) is 3. The Bertz CT molecular complexity index is 861. The molecule has 3 nitrogen and oxygen atoms in total. The highest BCUT2D eigenvalue weighted by molar-refractivity contribution is 6.36. The first-order chi connectivity index (χ1) is 12.1. The lowest BCUT2D eigenvalue weighted by Crippen LogP contribution is -2.29. The average Bonchev–Trinajstić information content (AvgIpc) is 3.13. The summed E-state index contributed by atoms with van der Waals surface area (Å²) < 4.78 is 4.77. The maximum absolute atomic E-state index is 11.6. The standard InChI is InChI=1S/C20H17Cl2NO2/c1-25-20(24)12-7-5-11(6-8-12)18-14-4-2-3-13(14)17-15(21)9-10-16(22)19(17)23-18/h2-3,5-10,13-14,18,23H,4H2,1H3/t13-,14-,18+/m1/s1. The minimum Gasteiger partial charge on any atom is -0.465 e. The molecule has 0 spiro atoms. The molecule has 2 aromatic carbocycles. The molecule has 0 radical (unpaired) electrons. The molecule has 0 unspecified atom stereocenters. The first-order valence-corrected chi connectivity index (χ1v) is 8.95. The number of ether oxygens (including phenoxy) is 1. The molecular weight excluding hydrogens is 357 g/mol. The van der Waals surface area contributed by atoms with Crippen molar-refractivity contribution in [3.05, 3.63) is 75.3 Å². The molecule has 1 N–H and O–H groups in total. The van der Waals surface area contributed by atoms with Crippen LogP contribution in [0.25, 0.3) is 0 Å². The van der Waals surface area contributed by atoms with E-state index in [0.717, 1.165) is 28.3 Å². The highest BCUT2D eigenvalue weighted by Gasteiger charge is 2.39. The lowest BCUT2D eigenvalue weighted by atomic mass is 9.77. The number of fused-ring (bicyclic) bond motifs is 3. The van der Waals surface area contributed by atoms with Gasteiger partial charge in [0.25, 0.3) is 0 Å². The van der Waals surface area contributed by atoms with E-state index in [4.69, 9.17) is 27.9 Å². The van der Waals surface area contributed by atoms with Gasteiger partial charge in [0.05, 0.1) is 29.4 Å². The normalized spacial score (nSPS) is 23.6. The van der Waals surface area contributed by atoms with Crippen molar-refractivity contribution in [2.75, 3.05) is 12.4 Å². The number of nitrogens with one attached hydrogen (secondary N) is 1. The number of benzene rings is 2. The van der Waals surface area contributed by atoms with Crippen LogP contribution in [-0.2, 0) is 4.74 Å². The van der Waals surface area contributed by atoms with E-state index in [-0.39, 0.29) is 17.9 Å². The van der Waals surface area contributed by atoms with Crippen LogP contribution in [0.15, 0.2) is 48.6 Å². The summed E-state index contributed by atoms with van der Waals surface area (Å²) in [5, 5.41) is 5.00. The lowest BCUT2D eigenvalue weighted by Gasteiger charge is -2.38. The maximum atomic E-state index is 11.6. The van der Waals surface area contributed by atoms with Crippen molar-refractivity contribution in [1.29, 1.82) is 0 Å². The molecule has 5 heteroatoms. The van der Waals surface area contributed by atoms with E-state index in [9.17, 15) is 4.79 Å². The second kappa shape index (κ2) is 6.40. The number of hydrogen-bond donors (Lipinski definition) is 1. The molecule has 25 heavy (non-hydrogen) atoms. The molecule has 1 aliphatic heterocycles. The Morgan fingerprint density at radius 2 is 1.84 bits per heavy atom. The van der Waals surface area contributed by atoms with E-state index in [0.29, 0.717) is 16.5 Å². The SMILES string of the molecule is COC(=O)c1ccc([C@@H]2Nc3c(Cl)ccc(Cl)c3[C@@H]3C=CC[C@H]32)cc1. The Hall–Kier alpha value is -1.97. The minimum absolute atomic E-state index is 0.107. The summed E-state index contributed by atoms with van der Waals surface area (Å²) in [6.45, 7) is 0. The van der Waals surface area contributed by atoms with E-state index in [1.165, 1.54) is 7.11 Å². The van der Waals surface area contributed by atoms with Crippen LogP contribution in [-0.4, -0.2) is 13.1 Å². The zero-order valence-electron chi connectivity index (χ0n) is 13.6. The summed E-state index contributed by atoms with van der Waals surface area (Å²) >= 11 is 12.9. The van der Waals surface area contributed by atoms with Crippen molar-refractivity contribution >= 4 is 34.9 Å². The number of rotatable bonds is 2. The third-order valence-electron chi connectivity index (χ3n) is 5.11. The van der Waals surface area contributed by atoms with E-state index in [1.807, 2.05) is 24.3 Å². The van der Waals surface area contributed by atoms with Crippen molar-refractivity contribution < 1.29 is 9.53 Å². The number of carbonyl (C=O) groups excluding carboxylic acids is 1. The van der Waals surface area contributed by atoms with Crippen LogP contribution in [0.4, 0.5) is 5.69 Å². The highest BCUT2D eigenvalue weighted by atomic mass is 35.5. The predicted molar refractivity (Wildman–Crippen MR) is 101 cm³/mol.